The molecule has 1 amide bonds. The zero-order valence-electron chi connectivity index (χ0n) is 13.5. The van der Waals surface area contributed by atoms with Crippen LogP contribution in [0.4, 0.5) is 0 Å². The van der Waals surface area contributed by atoms with Crippen LogP contribution in [0.3, 0.4) is 0 Å². The molecule has 0 saturated carbocycles. The van der Waals surface area contributed by atoms with Gasteiger partial charge in [-0.3, -0.25) is 4.79 Å². The average molecular weight is 348 g/mol. The van der Waals surface area contributed by atoms with E-state index in [0.717, 1.165) is 10.6 Å². The Labute approximate surface area is 144 Å². The smallest absolute Gasteiger partial charge is 0.330 e. The number of imidazole rings is 1. The maximum atomic E-state index is 12.4. The Balaban J connectivity index is 1.60. The van der Waals surface area contributed by atoms with Crippen LogP contribution in [0.25, 0.3) is 0 Å². The number of thiazole rings is 1. The fraction of sp³-hybridized carbons (Fsp3) is 0.500. The highest BCUT2D eigenvalue weighted by molar-refractivity contribution is 7.09. The zero-order valence-corrected chi connectivity index (χ0v) is 14.3. The first-order chi connectivity index (χ1) is 11.5. The minimum Gasteiger partial charge on any atom is -0.479 e. The van der Waals surface area contributed by atoms with Crippen LogP contribution in [0.1, 0.15) is 29.8 Å². The van der Waals surface area contributed by atoms with Crippen molar-refractivity contribution < 1.29 is 14.7 Å². The van der Waals surface area contributed by atoms with Gasteiger partial charge in [-0.15, -0.1) is 11.3 Å². The highest BCUT2D eigenvalue weighted by atomic mass is 32.1. The number of carboxylic acids is 1. The average Bonchev–Trinajstić information content (AvgIpc) is 3.24. The number of hydrogen-bond donors (Lipinski definition) is 1. The van der Waals surface area contributed by atoms with Gasteiger partial charge in [0.1, 0.15) is 5.54 Å². The minimum atomic E-state index is -0.998. The van der Waals surface area contributed by atoms with Crippen LogP contribution in [0.5, 0.6) is 0 Å². The van der Waals surface area contributed by atoms with Crippen molar-refractivity contribution in [3.8, 4) is 0 Å². The Morgan fingerprint density at radius 1 is 1.38 bits per heavy atom. The number of aryl methyl sites for hydroxylation is 2. The summed E-state index contributed by atoms with van der Waals surface area (Å²) in [5.74, 6) is -0.791. The molecule has 24 heavy (non-hydrogen) atoms. The number of rotatable bonds is 5. The Morgan fingerprint density at radius 3 is 2.67 bits per heavy atom. The number of carboxylic acid groups (broad SMARTS) is 1. The van der Waals surface area contributed by atoms with E-state index >= 15 is 0 Å². The lowest BCUT2D eigenvalue weighted by Gasteiger charge is -2.39. The molecule has 1 N–H and O–H groups in total. The molecule has 0 atom stereocenters. The number of aromatic nitrogens is 3. The Kier molecular flexibility index (Phi) is 4.66. The van der Waals surface area contributed by atoms with Crippen molar-refractivity contribution in [1.82, 2.24) is 19.4 Å². The molecule has 1 saturated heterocycles. The zero-order chi connectivity index (χ0) is 17.2. The molecule has 1 fully saturated rings. The second-order valence-corrected chi connectivity index (χ2v) is 6.99. The van der Waals surface area contributed by atoms with E-state index in [1.807, 2.05) is 6.92 Å². The predicted molar refractivity (Wildman–Crippen MR) is 88.8 cm³/mol. The van der Waals surface area contributed by atoms with Gasteiger partial charge in [-0.2, -0.15) is 0 Å². The molecular weight excluding hydrogens is 328 g/mol. The van der Waals surface area contributed by atoms with Crippen molar-refractivity contribution in [2.24, 2.45) is 0 Å². The molecule has 7 nitrogen and oxygen atoms in total. The number of nitrogens with zero attached hydrogens (tertiary/aromatic N) is 4. The molecule has 0 aromatic carbocycles. The van der Waals surface area contributed by atoms with Crippen LogP contribution in [0.2, 0.25) is 0 Å². The van der Waals surface area contributed by atoms with Gasteiger partial charge in [0.25, 0.3) is 0 Å². The summed E-state index contributed by atoms with van der Waals surface area (Å²) in [5, 5.41) is 9.69. The monoisotopic (exact) mass is 348 g/mol. The Morgan fingerprint density at radius 2 is 2.12 bits per heavy atom. The topological polar surface area (TPSA) is 88.3 Å². The summed E-state index contributed by atoms with van der Waals surface area (Å²) in [7, 11) is 0. The Bertz CT molecular complexity index is 718. The SMILES string of the molecule is Cc1ncsc1CCC(=O)N1CCC(C(=O)O)(n2ccnc2)CC1. The Hall–Kier alpha value is -2.22. The molecule has 0 spiro atoms. The molecule has 2 aromatic rings. The standard InChI is InChI=1S/C16H20N4O3S/c1-12-13(24-11-18-12)2-3-14(21)19-7-4-16(5-8-19,15(22)23)20-9-6-17-10-20/h6,9-11H,2-5,7-8H2,1H3,(H,22,23). The van der Waals surface area contributed by atoms with Crippen molar-refractivity contribution >= 4 is 23.2 Å². The number of carbonyl (C=O) groups is 2. The van der Waals surface area contributed by atoms with Gasteiger partial charge in [0, 0.05) is 36.8 Å². The molecule has 3 heterocycles. The van der Waals surface area contributed by atoms with Gasteiger partial charge in [-0.1, -0.05) is 0 Å². The van der Waals surface area contributed by atoms with E-state index in [-0.39, 0.29) is 5.91 Å². The van der Waals surface area contributed by atoms with Gasteiger partial charge >= 0.3 is 5.97 Å². The second kappa shape index (κ2) is 6.72. The first-order valence-electron chi connectivity index (χ1n) is 7.91. The number of carbonyl (C=O) groups excluding carboxylic acids is 1. The van der Waals surface area contributed by atoms with Gasteiger partial charge in [0.15, 0.2) is 0 Å². The lowest BCUT2D eigenvalue weighted by molar-refractivity contribution is -0.152. The first kappa shape index (κ1) is 16.6. The molecule has 0 aliphatic carbocycles. The fourth-order valence-corrected chi connectivity index (χ4v) is 3.95. The number of piperidine rings is 1. The van der Waals surface area contributed by atoms with E-state index < -0.39 is 11.5 Å². The molecule has 0 bridgehead atoms. The van der Waals surface area contributed by atoms with E-state index in [0.29, 0.717) is 38.8 Å². The van der Waals surface area contributed by atoms with Crippen LogP contribution < -0.4 is 0 Å². The van der Waals surface area contributed by atoms with Crippen molar-refractivity contribution in [2.45, 2.75) is 38.1 Å². The summed E-state index contributed by atoms with van der Waals surface area (Å²) < 4.78 is 1.65. The van der Waals surface area contributed by atoms with Crippen molar-refractivity contribution in [3.63, 3.8) is 0 Å². The van der Waals surface area contributed by atoms with Gasteiger partial charge < -0.3 is 14.6 Å². The van der Waals surface area contributed by atoms with Crippen molar-refractivity contribution in [3.05, 3.63) is 34.8 Å². The predicted octanol–water partition coefficient (Wildman–Crippen LogP) is 1.68. The molecule has 3 rings (SSSR count). The summed E-state index contributed by atoms with van der Waals surface area (Å²) in [4.78, 5) is 35.3. The molecule has 8 heteroatoms. The quantitative estimate of drug-likeness (QED) is 0.888. The maximum Gasteiger partial charge on any atom is 0.330 e. The number of amides is 1. The van der Waals surface area contributed by atoms with Gasteiger partial charge in [-0.05, 0) is 26.2 Å². The molecular formula is C16H20N4O3S. The van der Waals surface area contributed by atoms with Gasteiger partial charge in [0.05, 0.1) is 17.5 Å². The van der Waals surface area contributed by atoms with E-state index in [1.54, 1.807) is 38.7 Å². The minimum absolute atomic E-state index is 0.0763. The second-order valence-electron chi connectivity index (χ2n) is 6.05. The van der Waals surface area contributed by atoms with E-state index in [9.17, 15) is 14.7 Å². The van der Waals surface area contributed by atoms with Crippen LogP contribution in [-0.2, 0) is 21.5 Å². The molecule has 128 valence electrons. The molecule has 2 aromatic heterocycles. The third kappa shape index (κ3) is 3.06. The van der Waals surface area contributed by atoms with Crippen molar-refractivity contribution in [2.75, 3.05) is 13.1 Å². The number of hydrogen-bond acceptors (Lipinski definition) is 5. The first-order valence-corrected chi connectivity index (χ1v) is 8.79. The molecule has 0 radical (unpaired) electrons. The van der Waals surface area contributed by atoms with E-state index in [4.69, 9.17) is 0 Å². The van der Waals surface area contributed by atoms with Crippen LogP contribution in [0.15, 0.2) is 24.2 Å². The third-order valence-corrected chi connectivity index (χ3v) is 5.75. The lowest BCUT2D eigenvalue weighted by Crippen LogP contribution is -2.52. The van der Waals surface area contributed by atoms with Crippen LogP contribution in [-0.4, -0.2) is 49.5 Å². The summed E-state index contributed by atoms with van der Waals surface area (Å²) >= 11 is 1.57. The molecule has 0 unspecified atom stereocenters. The molecule has 1 aliphatic rings. The summed E-state index contributed by atoms with van der Waals surface area (Å²) in [6, 6.07) is 0. The normalized spacial score (nSPS) is 17.0. The summed E-state index contributed by atoms with van der Waals surface area (Å²) in [5.41, 5.74) is 1.78. The van der Waals surface area contributed by atoms with Gasteiger partial charge in [-0.25, -0.2) is 14.8 Å². The number of likely N-dealkylation sites (tertiary alicyclic amines) is 1. The van der Waals surface area contributed by atoms with Gasteiger partial charge in [0.2, 0.25) is 5.91 Å². The highest BCUT2D eigenvalue weighted by Gasteiger charge is 2.43. The van der Waals surface area contributed by atoms with Crippen molar-refractivity contribution in [1.29, 1.82) is 0 Å². The number of aliphatic carboxylic acids is 1. The highest BCUT2D eigenvalue weighted by Crippen LogP contribution is 2.31. The van der Waals surface area contributed by atoms with E-state index in [2.05, 4.69) is 9.97 Å². The molecule has 1 aliphatic heterocycles. The van der Waals surface area contributed by atoms with Crippen LogP contribution in [0, 0.1) is 6.92 Å². The fourth-order valence-electron chi connectivity index (χ4n) is 3.17. The van der Waals surface area contributed by atoms with E-state index in [1.165, 1.54) is 6.33 Å². The summed E-state index contributed by atoms with van der Waals surface area (Å²) in [6.07, 6.45) is 6.72. The largest absolute Gasteiger partial charge is 0.479 e. The summed E-state index contributed by atoms with van der Waals surface area (Å²) in [6.45, 7) is 2.85. The maximum absolute atomic E-state index is 12.4. The lowest BCUT2D eigenvalue weighted by atomic mass is 9.87. The third-order valence-electron chi connectivity index (χ3n) is 4.75. The van der Waals surface area contributed by atoms with Crippen LogP contribution >= 0.6 is 11.3 Å².